The van der Waals surface area contributed by atoms with Crippen LogP contribution in [0.3, 0.4) is 0 Å². The van der Waals surface area contributed by atoms with E-state index in [1.165, 1.54) is 0 Å². The zero-order valence-corrected chi connectivity index (χ0v) is 16.5. The number of aryl methyl sites for hydroxylation is 1. The van der Waals surface area contributed by atoms with Gasteiger partial charge in [-0.3, -0.25) is 0 Å². The quantitative estimate of drug-likeness (QED) is 0.614. The van der Waals surface area contributed by atoms with E-state index in [4.69, 9.17) is 4.74 Å². The molecule has 0 saturated carbocycles. The Labute approximate surface area is 174 Å². The van der Waals surface area contributed by atoms with Gasteiger partial charge in [-0.25, -0.2) is 32.6 Å². The fraction of sp³-hybridized carbons (Fsp3) is 0.316. The Bertz CT molecular complexity index is 1120. The van der Waals surface area contributed by atoms with Crippen molar-refractivity contribution in [3.8, 4) is 11.3 Å². The summed E-state index contributed by atoms with van der Waals surface area (Å²) >= 11 is 0. The molecule has 3 aromatic rings. The first-order chi connectivity index (χ1) is 14.8. The summed E-state index contributed by atoms with van der Waals surface area (Å²) in [5, 5.41) is 13.7. The fourth-order valence-corrected chi connectivity index (χ4v) is 3.18. The normalized spacial score (nSPS) is 18.2. The number of nitrogens with zero attached hydrogens (tertiary/aromatic N) is 5. The Kier molecular flexibility index (Phi) is 5.44. The van der Waals surface area contributed by atoms with E-state index in [0.717, 1.165) is 5.56 Å². The Morgan fingerprint density at radius 2 is 2.13 bits per heavy atom. The number of cyclic esters (lactones) is 1. The minimum atomic E-state index is -3.05. The van der Waals surface area contributed by atoms with Crippen molar-refractivity contribution >= 4 is 17.7 Å². The van der Waals surface area contributed by atoms with E-state index in [0.29, 0.717) is 29.7 Å². The van der Waals surface area contributed by atoms with Gasteiger partial charge in [0.05, 0.1) is 25.0 Å². The lowest BCUT2D eigenvalue weighted by Crippen LogP contribution is -2.31. The molecule has 1 saturated heterocycles. The molecule has 1 aliphatic heterocycles. The maximum absolute atomic E-state index is 13.4. The number of amides is 1. The number of anilines is 2. The second-order valence-electron chi connectivity index (χ2n) is 7.14. The van der Waals surface area contributed by atoms with Crippen LogP contribution in [0.25, 0.3) is 11.3 Å². The first kappa shape index (κ1) is 20.6. The number of nitrogens with one attached hydrogen (secondary N) is 2. The summed E-state index contributed by atoms with van der Waals surface area (Å²) in [6, 6.07) is 5.20. The molecule has 12 heteroatoms. The highest BCUT2D eigenvalue weighted by atomic mass is 19.3. The number of hydrogen-bond acceptors (Lipinski definition) is 7. The molecule has 1 aromatic carbocycles. The van der Waals surface area contributed by atoms with Crippen LogP contribution in [0.5, 0.6) is 0 Å². The van der Waals surface area contributed by atoms with Crippen LogP contribution >= 0.6 is 0 Å². The van der Waals surface area contributed by atoms with Crippen LogP contribution in [-0.4, -0.2) is 43.2 Å². The van der Waals surface area contributed by atoms with Crippen molar-refractivity contribution < 1.29 is 22.7 Å². The second kappa shape index (κ2) is 8.20. The largest absolute Gasteiger partial charge is 0.442 e. The molecule has 2 aromatic heterocycles. The van der Waals surface area contributed by atoms with Gasteiger partial charge in [-0.2, -0.15) is 0 Å². The summed E-state index contributed by atoms with van der Waals surface area (Å²) in [6.07, 6.45) is -1.48. The Balaban J connectivity index is 1.54. The smallest absolute Gasteiger partial charge is 0.407 e. The van der Waals surface area contributed by atoms with Crippen molar-refractivity contribution in [2.45, 2.75) is 39.0 Å². The number of benzene rings is 1. The lowest BCUT2D eigenvalue weighted by molar-refractivity contribution is 0.119. The average Bonchev–Trinajstić information content (AvgIpc) is 3.29. The van der Waals surface area contributed by atoms with E-state index in [-0.39, 0.29) is 18.1 Å². The van der Waals surface area contributed by atoms with E-state index < -0.39 is 24.0 Å². The second-order valence-corrected chi connectivity index (χ2v) is 7.14. The molecule has 0 bridgehead atoms. The van der Waals surface area contributed by atoms with Crippen molar-refractivity contribution in [1.82, 2.24) is 30.3 Å². The van der Waals surface area contributed by atoms with E-state index in [1.54, 1.807) is 23.0 Å². The zero-order chi connectivity index (χ0) is 22.1. The van der Waals surface area contributed by atoms with Crippen LogP contribution in [0, 0.1) is 12.7 Å². The molecule has 9 nitrogen and oxygen atoms in total. The molecule has 2 atom stereocenters. The molecule has 31 heavy (non-hydrogen) atoms. The van der Waals surface area contributed by atoms with Crippen molar-refractivity contribution in [3.63, 3.8) is 0 Å². The minimum absolute atomic E-state index is 0.149. The highest BCUT2D eigenvalue weighted by Crippen LogP contribution is 2.26. The van der Waals surface area contributed by atoms with Crippen LogP contribution in [0.2, 0.25) is 0 Å². The van der Waals surface area contributed by atoms with Crippen molar-refractivity contribution in [2.75, 3.05) is 5.32 Å². The molecule has 1 aliphatic rings. The zero-order valence-electron chi connectivity index (χ0n) is 16.5. The van der Waals surface area contributed by atoms with E-state index in [2.05, 4.69) is 30.9 Å². The Morgan fingerprint density at radius 3 is 2.84 bits per heavy atom. The fourth-order valence-electron chi connectivity index (χ4n) is 3.18. The summed E-state index contributed by atoms with van der Waals surface area (Å²) in [4.78, 5) is 18.6. The lowest BCUT2D eigenvalue weighted by atomic mass is 10.1. The van der Waals surface area contributed by atoms with E-state index in [9.17, 15) is 18.0 Å². The molecule has 1 fully saturated rings. The third-order valence-corrected chi connectivity index (χ3v) is 4.67. The van der Waals surface area contributed by atoms with Gasteiger partial charge >= 0.3 is 6.09 Å². The minimum Gasteiger partial charge on any atom is -0.442 e. The number of rotatable bonds is 6. The average molecular weight is 433 g/mol. The Morgan fingerprint density at radius 1 is 1.32 bits per heavy atom. The van der Waals surface area contributed by atoms with Gasteiger partial charge in [-0.05, 0) is 37.6 Å². The molecule has 0 spiro atoms. The van der Waals surface area contributed by atoms with Crippen LogP contribution < -0.4 is 10.6 Å². The number of carbonyl (C=O) groups excluding carboxylic acids is 1. The first-order valence-corrected chi connectivity index (χ1v) is 9.35. The van der Waals surface area contributed by atoms with Crippen molar-refractivity contribution in [1.29, 1.82) is 0 Å². The SMILES string of the molecule is Cc1cc(Nc2ncc(F)c(C(F)F)n2)cc(-c2cn(C[C@@H]3OC(=O)N[C@H]3C)nn2)c1. The van der Waals surface area contributed by atoms with Gasteiger partial charge in [0.2, 0.25) is 5.95 Å². The van der Waals surface area contributed by atoms with Gasteiger partial charge in [0.15, 0.2) is 5.82 Å². The maximum Gasteiger partial charge on any atom is 0.407 e. The molecule has 162 valence electrons. The number of alkyl carbamates (subject to hydrolysis) is 1. The summed E-state index contributed by atoms with van der Waals surface area (Å²) in [5.74, 6) is -1.32. The lowest BCUT2D eigenvalue weighted by Gasteiger charge is -2.11. The standard InChI is InChI=1S/C19H18F3N7O2/c1-9-3-11(14-7-29(28-27-14)8-15-10(2)24-19(30)31-15)5-12(4-9)25-18-23-6-13(20)16(26-18)17(21)22/h3-7,10,15,17H,8H2,1-2H3,(H,24,30)(H,23,25,26)/t10-,15-/m0/s1. The van der Waals surface area contributed by atoms with Gasteiger partial charge in [0.1, 0.15) is 17.5 Å². The van der Waals surface area contributed by atoms with Crippen LogP contribution in [0.1, 0.15) is 24.6 Å². The number of hydrogen-bond donors (Lipinski definition) is 2. The summed E-state index contributed by atoms with van der Waals surface area (Å²) in [5.41, 5.74) is 1.67. The predicted octanol–water partition coefficient (Wildman–Crippen LogP) is 3.36. The topological polar surface area (TPSA) is 107 Å². The summed E-state index contributed by atoms with van der Waals surface area (Å²) < 4.78 is 45.9. The summed E-state index contributed by atoms with van der Waals surface area (Å²) in [6.45, 7) is 4.02. The monoisotopic (exact) mass is 433 g/mol. The van der Waals surface area contributed by atoms with E-state index in [1.807, 2.05) is 19.9 Å². The number of ether oxygens (including phenoxy) is 1. The highest BCUT2D eigenvalue weighted by molar-refractivity contribution is 5.70. The maximum atomic E-state index is 13.4. The number of alkyl halides is 2. The Hall–Kier alpha value is -3.70. The number of aromatic nitrogens is 5. The van der Waals surface area contributed by atoms with Gasteiger partial charge in [-0.15, -0.1) is 5.10 Å². The predicted molar refractivity (Wildman–Crippen MR) is 103 cm³/mol. The molecule has 0 unspecified atom stereocenters. The van der Waals surface area contributed by atoms with Gasteiger partial charge in [0, 0.05) is 11.3 Å². The molecule has 3 heterocycles. The van der Waals surface area contributed by atoms with Crippen LogP contribution in [0.4, 0.5) is 29.6 Å². The van der Waals surface area contributed by atoms with Crippen molar-refractivity contribution in [3.05, 3.63) is 47.7 Å². The molecule has 0 aliphatic carbocycles. The summed E-state index contributed by atoms with van der Waals surface area (Å²) in [7, 11) is 0. The van der Waals surface area contributed by atoms with Crippen LogP contribution in [0.15, 0.2) is 30.6 Å². The molecular weight excluding hydrogens is 415 g/mol. The molecule has 0 radical (unpaired) electrons. The molecule has 4 rings (SSSR count). The van der Waals surface area contributed by atoms with Gasteiger partial charge in [0.25, 0.3) is 6.43 Å². The number of carbonyl (C=O) groups is 1. The third kappa shape index (κ3) is 4.57. The third-order valence-electron chi connectivity index (χ3n) is 4.67. The van der Waals surface area contributed by atoms with Crippen LogP contribution in [-0.2, 0) is 11.3 Å². The van der Waals surface area contributed by atoms with E-state index >= 15 is 0 Å². The first-order valence-electron chi connectivity index (χ1n) is 9.35. The molecule has 2 N–H and O–H groups in total. The van der Waals surface area contributed by atoms with Gasteiger partial charge < -0.3 is 15.4 Å². The molecular formula is C19H18F3N7O2. The highest BCUT2D eigenvalue weighted by Gasteiger charge is 2.31. The number of halogens is 3. The van der Waals surface area contributed by atoms with Crippen molar-refractivity contribution in [2.24, 2.45) is 0 Å². The van der Waals surface area contributed by atoms with Gasteiger partial charge in [-0.1, -0.05) is 5.21 Å². The molecule has 1 amide bonds.